The molecule has 27 heavy (non-hydrogen) atoms. The molecule has 1 fully saturated rings. The highest BCUT2D eigenvalue weighted by atomic mass is 32.1. The summed E-state index contributed by atoms with van der Waals surface area (Å²) >= 11 is 5.71. The Morgan fingerprint density at radius 3 is 2.44 bits per heavy atom. The van der Waals surface area contributed by atoms with Crippen molar-refractivity contribution in [3.05, 3.63) is 83.6 Å². The molecule has 4 nitrogen and oxygen atoms in total. The fraction of sp³-hybridized carbons (Fsp3) is 0.273. The van der Waals surface area contributed by atoms with Gasteiger partial charge in [-0.1, -0.05) is 32.0 Å². The van der Waals surface area contributed by atoms with Crippen molar-refractivity contribution < 1.29 is 4.42 Å². The lowest BCUT2D eigenvalue weighted by Gasteiger charge is -2.26. The highest BCUT2D eigenvalue weighted by Crippen LogP contribution is 2.42. The largest absolute Gasteiger partial charge is 0.464 e. The first-order chi connectivity index (χ1) is 13.0. The van der Waals surface area contributed by atoms with E-state index in [1.807, 2.05) is 43.5 Å². The summed E-state index contributed by atoms with van der Waals surface area (Å²) in [6, 6.07) is 18.4. The monoisotopic (exact) mass is 377 g/mol. The zero-order chi connectivity index (χ0) is 19.0. The van der Waals surface area contributed by atoms with Crippen LogP contribution in [0.2, 0.25) is 0 Å². The van der Waals surface area contributed by atoms with Crippen molar-refractivity contribution in [3.8, 4) is 0 Å². The molecule has 1 aliphatic rings. The molecule has 0 saturated carbocycles. The van der Waals surface area contributed by atoms with Crippen molar-refractivity contribution in [2.75, 3.05) is 4.90 Å². The van der Waals surface area contributed by atoms with Gasteiger partial charge in [-0.25, -0.2) is 0 Å². The second kappa shape index (κ2) is 7.16. The molecule has 1 aromatic carbocycles. The summed E-state index contributed by atoms with van der Waals surface area (Å²) in [7, 11) is 0. The van der Waals surface area contributed by atoms with Crippen molar-refractivity contribution in [2.45, 2.75) is 38.8 Å². The molecule has 1 N–H and O–H groups in total. The first-order valence-corrected chi connectivity index (χ1v) is 9.62. The van der Waals surface area contributed by atoms with Crippen LogP contribution in [0.25, 0.3) is 0 Å². The molecule has 0 spiro atoms. The van der Waals surface area contributed by atoms with E-state index in [1.54, 1.807) is 0 Å². The van der Waals surface area contributed by atoms with Crippen LogP contribution in [0.15, 0.2) is 65.2 Å². The quantitative estimate of drug-likeness (QED) is 0.626. The number of aryl methyl sites for hydroxylation is 1. The summed E-state index contributed by atoms with van der Waals surface area (Å²) in [6.07, 6.45) is 1.81. The smallest absolute Gasteiger partial charge is 0.174 e. The number of rotatable bonds is 4. The van der Waals surface area contributed by atoms with E-state index in [2.05, 4.69) is 53.3 Å². The number of aromatic nitrogens is 1. The highest BCUT2D eigenvalue weighted by molar-refractivity contribution is 7.80. The van der Waals surface area contributed by atoms with E-state index < -0.39 is 0 Å². The SMILES string of the molecule is Cc1ccc([C@H]2[C@@H](c3ccccn3)NC(=S)N2c2ccc(C(C)C)cc2)o1. The minimum Gasteiger partial charge on any atom is -0.464 e. The Kier molecular flexibility index (Phi) is 4.70. The normalized spacial score (nSPS) is 19.6. The van der Waals surface area contributed by atoms with E-state index in [0.717, 1.165) is 22.9 Å². The van der Waals surface area contributed by atoms with Crippen LogP contribution >= 0.6 is 12.2 Å². The molecule has 138 valence electrons. The van der Waals surface area contributed by atoms with E-state index in [-0.39, 0.29) is 12.1 Å². The van der Waals surface area contributed by atoms with E-state index in [1.165, 1.54) is 5.56 Å². The van der Waals surface area contributed by atoms with Gasteiger partial charge in [0.2, 0.25) is 0 Å². The second-order valence-electron chi connectivity index (χ2n) is 7.19. The van der Waals surface area contributed by atoms with Gasteiger partial charge in [0.15, 0.2) is 5.11 Å². The number of nitrogens with zero attached hydrogens (tertiary/aromatic N) is 2. The Labute approximate surface area is 165 Å². The van der Waals surface area contributed by atoms with E-state index in [0.29, 0.717) is 11.0 Å². The van der Waals surface area contributed by atoms with Crippen LogP contribution in [-0.4, -0.2) is 10.1 Å². The topological polar surface area (TPSA) is 41.3 Å². The number of benzene rings is 1. The lowest BCUT2D eigenvalue weighted by Crippen LogP contribution is -2.29. The summed E-state index contributed by atoms with van der Waals surface area (Å²) < 4.78 is 6.01. The number of pyridine rings is 1. The molecular weight excluding hydrogens is 354 g/mol. The van der Waals surface area contributed by atoms with Crippen molar-refractivity contribution in [2.24, 2.45) is 0 Å². The third kappa shape index (κ3) is 3.35. The fourth-order valence-electron chi connectivity index (χ4n) is 3.55. The Balaban J connectivity index is 1.78. The van der Waals surface area contributed by atoms with E-state index in [4.69, 9.17) is 16.6 Å². The molecule has 2 aromatic heterocycles. The summed E-state index contributed by atoms with van der Waals surface area (Å²) in [6.45, 7) is 6.35. The van der Waals surface area contributed by atoms with Gasteiger partial charge in [0.25, 0.3) is 0 Å². The number of anilines is 1. The molecule has 0 amide bonds. The number of thiocarbonyl (C=S) groups is 1. The van der Waals surface area contributed by atoms with E-state index >= 15 is 0 Å². The van der Waals surface area contributed by atoms with Crippen LogP contribution in [0.5, 0.6) is 0 Å². The minimum atomic E-state index is -0.0917. The number of hydrogen-bond acceptors (Lipinski definition) is 3. The molecule has 1 aliphatic heterocycles. The van der Waals surface area contributed by atoms with Crippen molar-refractivity contribution in [1.29, 1.82) is 0 Å². The standard InChI is InChI=1S/C22H23N3OS/c1-14(2)16-8-10-17(11-9-16)25-21(19-12-7-15(3)26-19)20(24-22(25)27)18-6-4-5-13-23-18/h4-14,20-21H,1-3H3,(H,24,27)/t20-,21+/m1/s1. The highest BCUT2D eigenvalue weighted by Gasteiger charge is 2.42. The summed E-state index contributed by atoms with van der Waals surface area (Å²) in [5, 5.41) is 4.13. The van der Waals surface area contributed by atoms with Gasteiger partial charge in [-0.15, -0.1) is 0 Å². The van der Waals surface area contributed by atoms with Crippen LogP contribution in [-0.2, 0) is 0 Å². The van der Waals surface area contributed by atoms with Crippen LogP contribution in [0, 0.1) is 6.92 Å². The van der Waals surface area contributed by atoms with Gasteiger partial charge < -0.3 is 14.6 Å². The predicted octanol–water partition coefficient (Wildman–Crippen LogP) is 5.28. The first-order valence-electron chi connectivity index (χ1n) is 9.21. The Morgan fingerprint density at radius 2 is 1.85 bits per heavy atom. The zero-order valence-electron chi connectivity index (χ0n) is 15.7. The maximum atomic E-state index is 6.01. The molecule has 5 heteroatoms. The Hall–Kier alpha value is -2.66. The number of furan rings is 1. The van der Waals surface area contributed by atoms with Gasteiger partial charge in [-0.05, 0) is 67.0 Å². The van der Waals surface area contributed by atoms with Crippen LogP contribution in [0.1, 0.15) is 54.6 Å². The molecule has 0 radical (unpaired) electrons. The van der Waals surface area contributed by atoms with Crippen LogP contribution in [0.4, 0.5) is 5.69 Å². The lowest BCUT2D eigenvalue weighted by atomic mass is 10.0. The van der Waals surface area contributed by atoms with Gasteiger partial charge in [0.1, 0.15) is 17.6 Å². The third-order valence-corrected chi connectivity index (χ3v) is 5.30. The molecule has 0 bridgehead atoms. The average Bonchev–Trinajstić information content (AvgIpc) is 3.25. The maximum Gasteiger partial charge on any atom is 0.174 e. The second-order valence-corrected chi connectivity index (χ2v) is 7.58. The number of nitrogens with one attached hydrogen (secondary N) is 1. The summed E-state index contributed by atoms with van der Waals surface area (Å²) in [5.74, 6) is 2.26. The molecule has 2 atom stereocenters. The lowest BCUT2D eigenvalue weighted by molar-refractivity contribution is 0.418. The average molecular weight is 378 g/mol. The summed E-state index contributed by atoms with van der Waals surface area (Å²) in [5.41, 5.74) is 3.30. The molecular formula is C22H23N3OS. The molecule has 4 rings (SSSR count). The molecule has 3 heterocycles. The van der Waals surface area contributed by atoms with Gasteiger partial charge in [-0.2, -0.15) is 0 Å². The van der Waals surface area contributed by atoms with E-state index in [9.17, 15) is 0 Å². The van der Waals surface area contributed by atoms with Gasteiger partial charge in [-0.3, -0.25) is 4.98 Å². The van der Waals surface area contributed by atoms with Gasteiger partial charge in [0.05, 0.1) is 11.7 Å². The van der Waals surface area contributed by atoms with Crippen molar-refractivity contribution >= 4 is 23.0 Å². The van der Waals surface area contributed by atoms with Crippen LogP contribution in [0.3, 0.4) is 0 Å². The predicted molar refractivity (Wildman–Crippen MR) is 112 cm³/mol. The molecule has 3 aromatic rings. The fourth-order valence-corrected chi connectivity index (χ4v) is 3.90. The first kappa shape index (κ1) is 17.7. The van der Waals surface area contributed by atoms with Crippen molar-refractivity contribution in [3.63, 3.8) is 0 Å². The molecule has 0 unspecified atom stereocenters. The van der Waals surface area contributed by atoms with Crippen molar-refractivity contribution in [1.82, 2.24) is 10.3 Å². The Morgan fingerprint density at radius 1 is 1.07 bits per heavy atom. The molecule has 0 aliphatic carbocycles. The number of hydrogen-bond donors (Lipinski definition) is 1. The van der Waals surface area contributed by atoms with Crippen LogP contribution < -0.4 is 10.2 Å². The minimum absolute atomic E-state index is 0.0750. The van der Waals surface area contributed by atoms with Gasteiger partial charge >= 0.3 is 0 Å². The zero-order valence-corrected chi connectivity index (χ0v) is 16.5. The maximum absolute atomic E-state index is 6.01. The summed E-state index contributed by atoms with van der Waals surface area (Å²) in [4.78, 5) is 6.69. The van der Waals surface area contributed by atoms with Gasteiger partial charge in [0, 0.05) is 11.9 Å². The third-order valence-electron chi connectivity index (χ3n) is 4.99. The Bertz CT molecular complexity index is 934. The molecule has 1 saturated heterocycles.